The molecule has 0 spiro atoms. The fourth-order valence-corrected chi connectivity index (χ4v) is 0. The molecule has 7 N–H and O–H groups in total. The zero-order valence-electron chi connectivity index (χ0n) is 7.34. The normalized spacial score (nSPS) is 7.45. The molecule has 0 radical (unpaired) electrons. The third kappa shape index (κ3) is 5590. The Labute approximate surface area is 95.3 Å². The van der Waals surface area contributed by atoms with Crippen molar-refractivity contribution in [3.8, 4) is 0 Å². The Kier molecular flexibility index (Phi) is 21.2. The first-order chi connectivity index (χ1) is 3.73. The maximum atomic E-state index is 8.74. The summed E-state index contributed by atoms with van der Waals surface area (Å²) in [4.78, 5) is 8.56. The van der Waals surface area contributed by atoms with Gasteiger partial charge in [-0.1, -0.05) is 0 Å². The average molecular weight is 219 g/mol. The van der Waals surface area contributed by atoms with Crippen LogP contribution in [0.3, 0.4) is 0 Å². The first kappa shape index (κ1) is 22.5. The summed E-state index contributed by atoms with van der Waals surface area (Å²) in [6.45, 7) is 0. The van der Waals surface area contributed by atoms with E-state index < -0.39 is 16.6 Å². The van der Waals surface area contributed by atoms with Crippen molar-refractivity contribution in [1.29, 1.82) is 0 Å². The molecule has 11 heavy (non-hydrogen) atoms. The summed E-state index contributed by atoms with van der Waals surface area (Å²) in [6, 6.07) is 0. The largest absolute Gasteiger partial charge is 2.00 e. The Hall–Kier alpha value is 0.360. The van der Waals surface area contributed by atoms with Gasteiger partial charge >= 0.3 is 54.3 Å². The molecule has 0 unspecified atom stereocenters. The second-order valence-electron chi connectivity index (χ2n) is 0.730. The summed E-state index contributed by atoms with van der Waals surface area (Å²) in [5, 5.41) is 13.9. The van der Waals surface area contributed by atoms with Gasteiger partial charge in [-0.3, -0.25) is 9.11 Å². The van der Waals surface area contributed by atoms with Gasteiger partial charge in [-0.15, -0.1) is 0 Å². The molecule has 0 saturated heterocycles. The van der Waals surface area contributed by atoms with Gasteiger partial charge in [-0.25, -0.2) is 4.79 Å². The molecule has 0 aromatic heterocycles. The standard InChI is InChI=1S/CH2O3.Ca.H3N.H2O4S.2H/c2-1(3)4;;;1-5(2,3)4;;/h(H2,2,3,4);;1H3;(H2,1,2,3,4);;/q;+2;;;2*-1. The van der Waals surface area contributed by atoms with Crippen molar-refractivity contribution in [2.45, 2.75) is 0 Å². The van der Waals surface area contributed by atoms with E-state index in [0.717, 1.165) is 0 Å². The molecule has 0 bridgehead atoms. The molecule has 0 amide bonds. The van der Waals surface area contributed by atoms with E-state index in [4.69, 9.17) is 32.5 Å². The molecule has 0 heterocycles. The predicted molar refractivity (Wildman–Crippen MR) is 37.8 cm³/mol. The molecule has 0 aromatic rings. The molecule has 0 fully saturated rings. The van der Waals surface area contributed by atoms with Crippen LogP contribution in [0.25, 0.3) is 0 Å². The third-order valence-electron chi connectivity index (χ3n) is 0. The fourth-order valence-electron chi connectivity index (χ4n) is 0. The van der Waals surface area contributed by atoms with Crippen LogP contribution in [-0.4, -0.2) is 71.6 Å². The second kappa shape index (κ2) is 10.4. The van der Waals surface area contributed by atoms with Crippen molar-refractivity contribution in [3.05, 3.63) is 0 Å². The van der Waals surface area contributed by atoms with Crippen LogP contribution in [0.5, 0.6) is 0 Å². The number of carboxylic acid groups (broad SMARTS) is 2. The maximum Gasteiger partial charge on any atom is 2.00 e. The Morgan fingerprint density at radius 2 is 1.18 bits per heavy atom. The van der Waals surface area contributed by atoms with Crippen LogP contribution in [0, 0.1) is 0 Å². The zero-order valence-corrected chi connectivity index (χ0v) is 8.36. The molecule has 0 aliphatic rings. The van der Waals surface area contributed by atoms with Gasteiger partial charge in [0.1, 0.15) is 0 Å². The Balaban J connectivity index is -0.0000000146. The molecular formula is CH9CaNO7S. The van der Waals surface area contributed by atoms with Crippen molar-refractivity contribution < 1.29 is 35.4 Å². The number of hydrogen-bond donors (Lipinski definition) is 5. The molecule has 0 rings (SSSR count). The minimum atomic E-state index is -4.67. The van der Waals surface area contributed by atoms with Crippen molar-refractivity contribution in [2.24, 2.45) is 0 Å². The Morgan fingerprint density at radius 1 is 1.18 bits per heavy atom. The zero-order chi connectivity index (χ0) is 8.08. The quantitative estimate of drug-likeness (QED) is 0.270. The number of carbonyl (C=O) groups is 1. The van der Waals surface area contributed by atoms with Gasteiger partial charge in [-0.05, 0) is 0 Å². The van der Waals surface area contributed by atoms with Gasteiger partial charge in [0, 0.05) is 0 Å². The van der Waals surface area contributed by atoms with E-state index in [1.807, 2.05) is 0 Å². The molecular weight excluding hydrogens is 210 g/mol. The van der Waals surface area contributed by atoms with Crippen LogP contribution in [0.1, 0.15) is 2.85 Å². The summed E-state index contributed by atoms with van der Waals surface area (Å²) in [7, 11) is -4.67. The summed E-state index contributed by atoms with van der Waals surface area (Å²) < 4.78 is 31.6. The maximum absolute atomic E-state index is 8.74. The molecule has 0 saturated carbocycles. The minimum Gasteiger partial charge on any atom is -1.00 e. The van der Waals surface area contributed by atoms with Gasteiger partial charge in [0.2, 0.25) is 0 Å². The molecule has 0 aliphatic heterocycles. The summed E-state index contributed by atoms with van der Waals surface area (Å²) >= 11 is 0. The molecule has 10 heteroatoms. The SMILES string of the molecule is N.O=C(O)O.O=S(=O)(O)O.[Ca+2].[H-].[H-]. The number of hydrogen-bond acceptors (Lipinski definition) is 4. The topological polar surface area (TPSA) is 167 Å². The van der Waals surface area contributed by atoms with E-state index >= 15 is 0 Å². The smallest absolute Gasteiger partial charge is 1.00 e. The van der Waals surface area contributed by atoms with Gasteiger partial charge in [0.25, 0.3) is 0 Å². The summed E-state index contributed by atoms with van der Waals surface area (Å²) in [5.74, 6) is 0. The minimum absolute atomic E-state index is 0. The van der Waals surface area contributed by atoms with E-state index in [1.54, 1.807) is 0 Å². The monoisotopic (exact) mass is 219 g/mol. The Morgan fingerprint density at radius 3 is 1.18 bits per heavy atom. The van der Waals surface area contributed by atoms with Crippen LogP contribution >= 0.6 is 0 Å². The number of rotatable bonds is 0. The molecule has 8 nitrogen and oxygen atoms in total. The van der Waals surface area contributed by atoms with Crippen LogP contribution in [0.15, 0.2) is 0 Å². The first-order valence-corrected chi connectivity index (χ1v) is 2.75. The van der Waals surface area contributed by atoms with Gasteiger partial charge in [0.15, 0.2) is 0 Å². The molecule has 0 aliphatic carbocycles. The van der Waals surface area contributed by atoms with Gasteiger partial charge < -0.3 is 19.2 Å². The third-order valence-corrected chi connectivity index (χ3v) is 0. The van der Waals surface area contributed by atoms with E-state index in [-0.39, 0.29) is 46.7 Å². The van der Waals surface area contributed by atoms with E-state index in [0.29, 0.717) is 0 Å². The van der Waals surface area contributed by atoms with Crippen LogP contribution in [0.4, 0.5) is 4.79 Å². The van der Waals surface area contributed by atoms with Gasteiger partial charge in [0.05, 0.1) is 0 Å². The fraction of sp³-hybridized carbons (Fsp3) is 0. The molecule has 0 atom stereocenters. The summed E-state index contributed by atoms with van der Waals surface area (Å²) in [6.07, 6.45) is -1.83. The van der Waals surface area contributed by atoms with Crippen molar-refractivity contribution in [2.75, 3.05) is 0 Å². The van der Waals surface area contributed by atoms with Gasteiger partial charge in [-0.2, -0.15) is 8.42 Å². The average Bonchev–Trinajstić information content (AvgIpc) is 1.19. The van der Waals surface area contributed by atoms with Crippen molar-refractivity contribution in [3.63, 3.8) is 0 Å². The van der Waals surface area contributed by atoms with E-state index in [2.05, 4.69) is 0 Å². The van der Waals surface area contributed by atoms with Crippen LogP contribution < -0.4 is 6.15 Å². The predicted octanol–water partition coefficient (Wildman–Crippen LogP) is -0.424. The van der Waals surface area contributed by atoms with E-state index in [9.17, 15) is 0 Å². The van der Waals surface area contributed by atoms with Crippen LogP contribution in [-0.2, 0) is 10.4 Å². The summed E-state index contributed by atoms with van der Waals surface area (Å²) in [5.41, 5.74) is 0. The second-order valence-corrected chi connectivity index (χ2v) is 1.63. The molecule has 0 aromatic carbocycles. The van der Waals surface area contributed by atoms with Crippen LogP contribution in [0.2, 0.25) is 0 Å². The molecule has 68 valence electrons. The first-order valence-electron chi connectivity index (χ1n) is 1.35. The Bertz CT molecular complexity index is 169. The van der Waals surface area contributed by atoms with Crippen molar-refractivity contribution >= 4 is 54.3 Å². The van der Waals surface area contributed by atoms with Crippen molar-refractivity contribution in [1.82, 2.24) is 6.15 Å². The van der Waals surface area contributed by atoms with E-state index in [1.165, 1.54) is 0 Å².